The molecule has 3 aromatic heterocycles. The molecule has 0 bridgehead atoms. The zero-order valence-electron chi connectivity index (χ0n) is 13.5. The average molecular weight is 321 g/mol. The maximum Gasteiger partial charge on any atom is 0.283 e. The van der Waals surface area contributed by atoms with Crippen molar-refractivity contribution in [2.24, 2.45) is 0 Å². The lowest BCUT2D eigenvalue weighted by molar-refractivity contribution is 0.522. The molecule has 3 heterocycles. The third kappa shape index (κ3) is 2.30. The van der Waals surface area contributed by atoms with Crippen LogP contribution in [0.1, 0.15) is 16.8 Å². The van der Waals surface area contributed by atoms with Crippen LogP contribution in [-0.4, -0.2) is 25.2 Å². The van der Waals surface area contributed by atoms with Gasteiger partial charge in [0.25, 0.3) is 11.8 Å². The predicted molar refractivity (Wildman–Crippen MR) is 86.6 cm³/mol. The maximum atomic E-state index is 5.66. The Balaban J connectivity index is 1.75. The molecular weight excluding hydrogens is 306 g/mol. The van der Waals surface area contributed by atoms with Crippen LogP contribution in [0.5, 0.6) is 0 Å². The molecule has 4 rings (SSSR count). The van der Waals surface area contributed by atoms with Crippen molar-refractivity contribution < 1.29 is 8.83 Å². The van der Waals surface area contributed by atoms with Crippen LogP contribution in [0.3, 0.4) is 0 Å². The molecule has 0 aliphatic carbocycles. The normalized spacial score (nSPS) is 11.1. The Bertz CT molecular complexity index is 998. The van der Waals surface area contributed by atoms with Gasteiger partial charge < -0.3 is 8.83 Å². The van der Waals surface area contributed by atoms with Crippen LogP contribution >= 0.6 is 0 Å². The minimum absolute atomic E-state index is 0.315. The smallest absolute Gasteiger partial charge is 0.283 e. The van der Waals surface area contributed by atoms with Crippen LogP contribution in [0.15, 0.2) is 45.4 Å². The van der Waals surface area contributed by atoms with Gasteiger partial charge >= 0.3 is 0 Å². The number of hydrogen-bond donors (Lipinski definition) is 0. The highest BCUT2D eigenvalue weighted by atomic mass is 16.4. The first kappa shape index (κ1) is 14.4. The highest BCUT2D eigenvalue weighted by Gasteiger charge is 2.20. The van der Waals surface area contributed by atoms with Gasteiger partial charge in [-0.2, -0.15) is 0 Å². The Labute approximate surface area is 137 Å². The SMILES string of the molecule is Cc1ccc(-n2nnc(-c3nnc(-c4ccco4)o3)c2C)c(C)c1. The molecule has 0 fully saturated rings. The summed E-state index contributed by atoms with van der Waals surface area (Å²) in [4.78, 5) is 0. The molecule has 4 aromatic rings. The van der Waals surface area contributed by atoms with E-state index in [-0.39, 0.29) is 0 Å². The molecule has 0 aliphatic rings. The number of benzene rings is 1. The van der Waals surface area contributed by atoms with Gasteiger partial charge in [-0.3, -0.25) is 0 Å². The van der Waals surface area contributed by atoms with Gasteiger partial charge in [0, 0.05) is 0 Å². The van der Waals surface area contributed by atoms with E-state index in [1.54, 1.807) is 23.1 Å². The van der Waals surface area contributed by atoms with E-state index in [2.05, 4.69) is 33.5 Å². The van der Waals surface area contributed by atoms with E-state index in [0.29, 0.717) is 23.2 Å². The van der Waals surface area contributed by atoms with Crippen LogP contribution in [0.25, 0.3) is 28.9 Å². The van der Waals surface area contributed by atoms with E-state index >= 15 is 0 Å². The summed E-state index contributed by atoms with van der Waals surface area (Å²) in [6, 6.07) is 9.71. The molecular formula is C17H15N5O2. The fraction of sp³-hybridized carbons (Fsp3) is 0.176. The summed E-state index contributed by atoms with van der Waals surface area (Å²) in [6.07, 6.45) is 1.56. The van der Waals surface area contributed by atoms with Gasteiger partial charge in [-0.15, -0.1) is 15.3 Å². The first-order chi connectivity index (χ1) is 11.6. The molecule has 0 saturated carbocycles. The minimum atomic E-state index is 0.315. The lowest BCUT2D eigenvalue weighted by atomic mass is 10.1. The fourth-order valence-electron chi connectivity index (χ4n) is 2.62. The maximum absolute atomic E-state index is 5.66. The molecule has 0 unspecified atom stereocenters. The highest BCUT2D eigenvalue weighted by molar-refractivity contribution is 5.55. The average Bonchev–Trinajstić information content (AvgIpc) is 3.27. The topological polar surface area (TPSA) is 82.8 Å². The standard InChI is InChI=1S/C17H15N5O2/c1-10-6-7-13(11(2)9-10)22-12(3)15(18-21-22)17-20-19-16(24-17)14-5-4-8-23-14/h4-9H,1-3H3. The molecule has 0 N–H and O–H groups in total. The Kier molecular flexibility index (Phi) is 3.26. The van der Waals surface area contributed by atoms with Gasteiger partial charge in [-0.25, -0.2) is 4.68 Å². The molecule has 7 nitrogen and oxygen atoms in total. The van der Waals surface area contributed by atoms with Crippen molar-refractivity contribution in [2.75, 3.05) is 0 Å². The third-order valence-corrected chi connectivity index (χ3v) is 3.83. The van der Waals surface area contributed by atoms with Crippen molar-refractivity contribution >= 4 is 0 Å². The third-order valence-electron chi connectivity index (χ3n) is 3.83. The monoisotopic (exact) mass is 321 g/mol. The summed E-state index contributed by atoms with van der Waals surface area (Å²) in [7, 11) is 0. The largest absolute Gasteiger partial charge is 0.459 e. The number of nitrogens with zero attached hydrogens (tertiary/aromatic N) is 5. The first-order valence-electron chi connectivity index (χ1n) is 7.51. The predicted octanol–water partition coefficient (Wildman–Crippen LogP) is 3.50. The summed E-state index contributed by atoms with van der Waals surface area (Å²) < 4.78 is 12.7. The number of furan rings is 1. The van der Waals surface area contributed by atoms with Crippen molar-refractivity contribution in [3.8, 4) is 28.9 Å². The van der Waals surface area contributed by atoms with Crippen molar-refractivity contribution in [2.45, 2.75) is 20.8 Å². The molecule has 120 valence electrons. The highest BCUT2D eigenvalue weighted by Crippen LogP contribution is 2.26. The molecule has 0 aliphatic heterocycles. The number of hydrogen-bond acceptors (Lipinski definition) is 6. The Morgan fingerprint density at radius 3 is 2.54 bits per heavy atom. The van der Waals surface area contributed by atoms with Crippen LogP contribution in [0.2, 0.25) is 0 Å². The summed E-state index contributed by atoms with van der Waals surface area (Å²) in [5.74, 6) is 1.15. The fourth-order valence-corrected chi connectivity index (χ4v) is 2.62. The molecule has 1 aromatic carbocycles. The zero-order chi connectivity index (χ0) is 16.7. The number of aromatic nitrogens is 5. The van der Waals surface area contributed by atoms with Gasteiger partial charge in [0.2, 0.25) is 0 Å². The lowest BCUT2D eigenvalue weighted by Crippen LogP contribution is -2.01. The summed E-state index contributed by atoms with van der Waals surface area (Å²) in [5.41, 5.74) is 4.69. The second-order valence-electron chi connectivity index (χ2n) is 5.61. The van der Waals surface area contributed by atoms with Crippen LogP contribution in [-0.2, 0) is 0 Å². The van der Waals surface area contributed by atoms with Crippen LogP contribution < -0.4 is 0 Å². The summed E-state index contributed by atoms with van der Waals surface area (Å²) in [5, 5.41) is 16.5. The van der Waals surface area contributed by atoms with E-state index in [4.69, 9.17) is 8.83 Å². The van der Waals surface area contributed by atoms with Crippen molar-refractivity contribution in [3.63, 3.8) is 0 Å². The second kappa shape index (κ2) is 5.45. The zero-order valence-corrected chi connectivity index (χ0v) is 13.5. The van der Waals surface area contributed by atoms with Crippen LogP contribution in [0, 0.1) is 20.8 Å². The minimum Gasteiger partial charge on any atom is -0.459 e. The van der Waals surface area contributed by atoms with E-state index in [0.717, 1.165) is 16.9 Å². The molecule has 0 spiro atoms. The Morgan fingerprint density at radius 2 is 1.79 bits per heavy atom. The van der Waals surface area contributed by atoms with E-state index in [9.17, 15) is 0 Å². The summed E-state index contributed by atoms with van der Waals surface area (Å²) in [6.45, 7) is 6.03. The molecule has 7 heteroatoms. The van der Waals surface area contributed by atoms with E-state index < -0.39 is 0 Å². The lowest BCUT2D eigenvalue weighted by Gasteiger charge is -2.07. The number of aryl methyl sites for hydroxylation is 2. The Hall–Kier alpha value is -3.22. The Morgan fingerprint density at radius 1 is 0.958 bits per heavy atom. The first-order valence-corrected chi connectivity index (χ1v) is 7.51. The molecule has 0 atom stereocenters. The molecule has 0 saturated heterocycles. The van der Waals surface area contributed by atoms with E-state index in [1.165, 1.54) is 5.56 Å². The number of rotatable bonds is 3. The van der Waals surface area contributed by atoms with Gasteiger partial charge in [0.05, 0.1) is 17.6 Å². The van der Waals surface area contributed by atoms with Gasteiger partial charge in [0.1, 0.15) is 0 Å². The van der Waals surface area contributed by atoms with Gasteiger partial charge in [0.15, 0.2) is 11.5 Å². The molecule has 0 amide bonds. The van der Waals surface area contributed by atoms with Crippen LogP contribution in [0.4, 0.5) is 0 Å². The quantitative estimate of drug-likeness (QED) is 0.574. The second-order valence-corrected chi connectivity index (χ2v) is 5.61. The van der Waals surface area contributed by atoms with Gasteiger partial charge in [-0.05, 0) is 44.5 Å². The molecule has 0 radical (unpaired) electrons. The van der Waals surface area contributed by atoms with Crippen molar-refractivity contribution in [3.05, 3.63) is 53.4 Å². The van der Waals surface area contributed by atoms with Crippen molar-refractivity contribution in [1.82, 2.24) is 25.2 Å². The summed E-state index contributed by atoms with van der Waals surface area (Å²) >= 11 is 0. The van der Waals surface area contributed by atoms with Crippen molar-refractivity contribution in [1.29, 1.82) is 0 Å². The van der Waals surface area contributed by atoms with E-state index in [1.807, 2.05) is 26.0 Å². The van der Waals surface area contributed by atoms with Gasteiger partial charge in [-0.1, -0.05) is 22.9 Å². The molecule has 24 heavy (non-hydrogen) atoms.